The highest BCUT2D eigenvalue weighted by molar-refractivity contribution is 6.30. The van der Waals surface area contributed by atoms with Gasteiger partial charge in [-0.1, -0.05) is 25.4 Å². The van der Waals surface area contributed by atoms with Gasteiger partial charge in [0.05, 0.1) is 5.56 Å². The zero-order chi connectivity index (χ0) is 13.3. The van der Waals surface area contributed by atoms with Crippen LogP contribution in [-0.2, 0) is 0 Å². The first kappa shape index (κ1) is 13.3. The van der Waals surface area contributed by atoms with E-state index in [1.54, 1.807) is 11.0 Å². The fourth-order valence-electron chi connectivity index (χ4n) is 2.66. The average molecular weight is 270 g/mol. The zero-order valence-corrected chi connectivity index (χ0v) is 11.4. The minimum absolute atomic E-state index is 0.112. The maximum atomic E-state index is 13.7. The van der Waals surface area contributed by atoms with E-state index >= 15 is 0 Å². The number of carbonyl (C=O) groups excluding carboxylic acids is 1. The molecule has 1 aliphatic rings. The highest BCUT2D eigenvalue weighted by atomic mass is 35.5. The lowest BCUT2D eigenvalue weighted by Gasteiger charge is -2.35. The number of halogens is 2. The molecule has 0 N–H and O–H groups in total. The lowest BCUT2D eigenvalue weighted by molar-refractivity contribution is 0.0618. The summed E-state index contributed by atoms with van der Waals surface area (Å²) in [7, 11) is 0. The second-order valence-corrected chi connectivity index (χ2v) is 5.72. The third kappa shape index (κ3) is 2.83. The molecule has 98 valence electrons. The van der Waals surface area contributed by atoms with Crippen LogP contribution in [0.4, 0.5) is 4.39 Å². The van der Waals surface area contributed by atoms with Gasteiger partial charge in [0.1, 0.15) is 5.82 Å². The predicted octanol–water partition coefficient (Wildman–Crippen LogP) is 3.60. The van der Waals surface area contributed by atoms with Crippen molar-refractivity contribution in [2.75, 3.05) is 13.1 Å². The lowest BCUT2D eigenvalue weighted by atomic mass is 9.91. The Balaban J connectivity index is 2.20. The van der Waals surface area contributed by atoms with Crippen LogP contribution in [-0.4, -0.2) is 23.9 Å². The number of carbonyl (C=O) groups is 1. The minimum Gasteiger partial charge on any atom is -0.338 e. The molecule has 1 fully saturated rings. The molecule has 0 radical (unpaired) electrons. The number of nitrogens with zero attached hydrogens (tertiary/aromatic N) is 1. The topological polar surface area (TPSA) is 20.3 Å². The second-order valence-electron chi connectivity index (χ2n) is 5.28. The molecular formula is C14H17ClFNO. The first-order valence-electron chi connectivity index (χ1n) is 6.21. The zero-order valence-electron chi connectivity index (χ0n) is 10.6. The van der Waals surface area contributed by atoms with Crippen molar-refractivity contribution < 1.29 is 9.18 Å². The van der Waals surface area contributed by atoms with E-state index in [0.29, 0.717) is 29.9 Å². The van der Waals surface area contributed by atoms with E-state index in [4.69, 9.17) is 11.6 Å². The van der Waals surface area contributed by atoms with E-state index in [1.807, 2.05) is 0 Å². The first-order chi connectivity index (χ1) is 8.47. The molecule has 1 aromatic rings. The quantitative estimate of drug-likeness (QED) is 0.763. The minimum atomic E-state index is -0.543. The maximum absolute atomic E-state index is 13.7. The van der Waals surface area contributed by atoms with Gasteiger partial charge in [-0.15, -0.1) is 0 Å². The molecule has 2 rings (SSSR count). The molecule has 2 unspecified atom stereocenters. The van der Waals surface area contributed by atoms with Gasteiger partial charge in [0.2, 0.25) is 0 Å². The third-order valence-electron chi connectivity index (χ3n) is 3.32. The summed E-state index contributed by atoms with van der Waals surface area (Å²) in [5, 5.41) is 0.310. The summed E-state index contributed by atoms with van der Waals surface area (Å²) in [5.41, 5.74) is 0.112. The smallest absolute Gasteiger partial charge is 0.256 e. The number of hydrogen-bond donors (Lipinski definition) is 0. The van der Waals surface area contributed by atoms with Gasteiger partial charge in [-0.25, -0.2) is 4.39 Å². The molecule has 0 spiro atoms. The Morgan fingerprint density at radius 2 is 1.94 bits per heavy atom. The van der Waals surface area contributed by atoms with Crippen LogP contribution in [0.3, 0.4) is 0 Å². The van der Waals surface area contributed by atoms with E-state index in [1.165, 1.54) is 12.1 Å². The Labute approximate surface area is 112 Å². The fraction of sp³-hybridized carbons (Fsp3) is 0.500. The molecule has 2 atom stereocenters. The Morgan fingerprint density at radius 3 is 2.50 bits per heavy atom. The van der Waals surface area contributed by atoms with Crippen molar-refractivity contribution in [3.05, 3.63) is 34.6 Å². The van der Waals surface area contributed by atoms with Crippen molar-refractivity contribution in [1.82, 2.24) is 4.90 Å². The van der Waals surface area contributed by atoms with E-state index in [-0.39, 0.29) is 11.5 Å². The third-order valence-corrected chi connectivity index (χ3v) is 3.55. The fourth-order valence-corrected chi connectivity index (χ4v) is 2.82. The Morgan fingerprint density at radius 1 is 1.33 bits per heavy atom. The summed E-state index contributed by atoms with van der Waals surface area (Å²) < 4.78 is 13.7. The van der Waals surface area contributed by atoms with Gasteiger partial charge in [0.25, 0.3) is 5.91 Å². The van der Waals surface area contributed by atoms with Gasteiger partial charge in [0.15, 0.2) is 0 Å². The number of benzene rings is 1. The largest absolute Gasteiger partial charge is 0.338 e. The molecule has 1 saturated heterocycles. The summed E-state index contributed by atoms with van der Waals surface area (Å²) in [5.74, 6) is 0.155. The molecule has 2 nitrogen and oxygen atoms in total. The number of rotatable bonds is 1. The highest BCUT2D eigenvalue weighted by Crippen LogP contribution is 2.24. The number of likely N-dealkylation sites (tertiary alicyclic amines) is 1. The Kier molecular flexibility index (Phi) is 3.91. The van der Waals surface area contributed by atoms with Crippen LogP contribution in [0.5, 0.6) is 0 Å². The van der Waals surface area contributed by atoms with Crippen LogP contribution in [0.2, 0.25) is 5.02 Å². The Bertz CT molecular complexity index is 453. The van der Waals surface area contributed by atoms with Crippen molar-refractivity contribution in [1.29, 1.82) is 0 Å². The molecular weight excluding hydrogens is 253 g/mol. The lowest BCUT2D eigenvalue weighted by Crippen LogP contribution is -2.42. The van der Waals surface area contributed by atoms with E-state index in [2.05, 4.69) is 13.8 Å². The molecule has 1 aromatic carbocycles. The molecule has 1 heterocycles. The summed E-state index contributed by atoms with van der Waals surface area (Å²) >= 11 is 5.69. The van der Waals surface area contributed by atoms with Crippen LogP contribution in [0.15, 0.2) is 18.2 Å². The van der Waals surface area contributed by atoms with Gasteiger partial charge < -0.3 is 4.90 Å². The summed E-state index contributed by atoms with van der Waals surface area (Å²) in [6.07, 6.45) is 1.12. The van der Waals surface area contributed by atoms with Gasteiger partial charge in [-0.2, -0.15) is 0 Å². The number of hydrogen-bond acceptors (Lipinski definition) is 1. The monoisotopic (exact) mass is 269 g/mol. The maximum Gasteiger partial charge on any atom is 0.256 e. The Hall–Kier alpha value is -1.09. The van der Waals surface area contributed by atoms with Gasteiger partial charge in [0, 0.05) is 18.1 Å². The van der Waals surface area contributed by atoms with Crippen LogP contribution < -0.4 is 0 Å². The van der Waals surface area contributed by atoms with Gasteiger partial charge in [-0.3, -0.25) is 4.79 Å². The average Bonchev–Trinajstić information content (AvgIpc) is 2.26. The number of amides is 1. The predicted molar refractivity (Wildman–Crippen MR) is 70.3 cm³/mol. The summed E-state index contributed by atoms with van der Waals surface area (Å²) in [6, 6.07) is 4.20. The highest BCUT2D eigenvalue weighted by Gasteiger charge is 2.27. The molecule has 4 heteroatoms. The first-order valence-corrected chi connectivity index (χ1v) is 6.59. The van der Waals surface area contributed by atoms with E-state index in [0.717, 1.165) is 6.42 Å². The SMILES string of the molecule is CC1CC(C)CN(C(=O)c2ccc(Cl)cc2F)C1. The molecule has 0 aliphatic carbocycles. The van der Waals surface area contributed by atoms with Crippen LogP contribution in [0.25, 0.3) is 0 Å². The molecule has 18 heavy (non-hydrogen) atoms. The van der Waals surface area contributed by atoms with Crippen molar-refractivity contribution >= 4 is 17.5 Å². The molecule has 0 aromatic heterocycles. The van der Waals surface area contributed by atoms with Crippen molar-refractivity contribution in [3.63, 3.8) is 0 Å². The van der Waals surface area contributed by atoms with Crippen LogP contribution in [0, 0.1) is 17.7 Å². The van der Waals surface area contributed by atoms with Crippen molar-refractivity contribution in [2.24, 2.45) is 11.8 Å². The molecule has 0 saturated carbocycles. The van der Waals surface area contributed by atoms with E-state index < -0.39 is 5.82 Å². The van der Waals surface area contributed by atoms with Gasteiger partial charge >= 0.3 is 0 Å². The van der Waals surface area contributed by atoms with Crippen molar-refractivity contribution in [3.8, 4) is 0 Å². The number of piperidine rings is 1. The molecule has 1 amide bonds. The van der Waals surface area contributed by atoms with Crippen LogP contribution in [0.1, 0.15) is 30.6 Å². The van der Waals surface area contributed by atoms with Gasteiger partial charge in [-0.05, 0) is 36.5 Å². The van der Waals surface area contributed by atoms with E-state index in [9.17, 15) is 9.18 Å². The standard InChI is InChI=1S/C14H17ClFNO/c1-9-5-10(2)8-17(7-9)14(18)12-4-3-11(15)6-13(12)16/h3-4,6,9-10H,5,7-8H2,1-2H3. The normalized spacial score (nSPS) is 24.1. The van der Waals surface area contributed by atoms with Crippen LogP contribution >= 0.6 is 11.6 Å². The summed E-state index contributed by atoms with van der Waals surface area (Å²) in [6.45, 7) is 5.64. The van der Waals surface area contributed by atoms with Crippen molar-refractivity contribution in [2.45, 2.75) is 20.3 Å². The second kappa shape index (κ2) is 5.27. The summed E-state index contributed by atoms with van der Waals surface area (Å²) in [4.78, 5) is 14.0. The molecule has 0 bridgehead atoms. The molecule has 1 aliphatic heterocycles.